The van der Waals surface area contributed by atoms with E-state index in [-0.39, 0.29) is 47.8 Å². The molecule has 1 aromatic rings. The highest BCUT2D eigenvalue weighted by atomic mass is 19.1. The van der Waals surface area contributed by atoms with Gasteiger partial charge >= 0.3 is 5.97 Å². The zero-order valence-electron chi connectivity index (χ0n) is 20.2. The number of piperidine rings is 1. The number of rotatable bonds is 9. The minimum Gasteiger partial charge on any atom is -0.446 e. The number of carbonyl (C=O) groups excluding carboxylic acids is 4. The van der Waals surface area contributed by atoms with Crippen LogP contribution in [0.1, 0.15) is 62.7 Å². The number of unbranched alkanes of at least 4 members (excludes halogenated alkanes) is 2. The number of halogens is 1. The SMILES string of the molecule is CCCCCC(C)C(=O)OC1NCC12CN(c1ccc(C(=O)NC3CCC(=O)NC3=O)c(F)c1)C2. The van der Waals surface area contributed by atoms with Crippen molar-refractivity contribution in [3.63, 3.8) is 0 Å². The first-order valence-electron chi connectivity index (χ1n) is 12.4. The van der Waals surface area contributed by atoms with Gasteiger partial charge in [-0.2, -0.15) is 0 Å². The van der Waals surface area contributed by atoms with Gasteiger partial charge in [0.25, 0.3) is 5.91 Å². The third kappa shape index (κ3) is 5.32. The number of hydrogen-bond donors (Lipinski definition) is 3. The summed E-state index contributed by atoms with van der Waals surface area (Å²) in [5.74, 6) is -2.69. The van der Waals surface area contributed by atoms with Crippen LogP contribution in [0.25, 0.3) is 0 Å². The molecule has 190 valence electrons. The zero-order chi connectivity index (χ0) is 25.2. The maximum atomic E-state index is 14.8. The number of esters is 1. The standard InChI is InChI=1S/C25H33FN4O5/c1-3-4-5-6-15(2)23(34)35-24-25(12-27-24)13-30(14-25)16-7-8-17(18(26)11-16)21(32)28-19-9-10-20(31)29-22(19)33/h7-8,11,15,19,24,27H,3-6,9-10,12-14H2,1-2H3,(H,28,32)(H,29,31,33). The first kappa shape index (κ1) is 25.1. The molecule has 3 heterocycles. The van der Waals surface area contributed by atoms with Crippen molar-refractivity contribution >= 4 is 29.4 Å². The van der Waals surface area contributed by atoms with Crippen molar-refractivity contribution in [2.45, 2.75) is 64.6 Å². The molecule has 3 unspecified atom stereocenters. The second-order valence-electron chi connectivity index (χ2n) is 9.95. The highest BCUT2D eigenvalue weighted by Crippen LogP contribution is 2.42. The van der Waals surface area contributed by atoms with Gasteiger partial charge in [0.2, 0.25) is 11.8 Å². The highest BCUT2D eigenvalue weighted by Gasteiger charge is 2.57. The van der Waals surface area contributed by atoms with E-state index in [4.69, 9.17) is 4.74 Å². The molecular weight excluding hydrogens is 455 g/mol. The van der Waals surface area contributed by atoms with Gasteiger partial charge in [-0.1, -0.05) is 33.1 Å². The van der Waals surface area contributed by atoms with E-state index in [9.17, 15) is 23.6 Å². The molecule has 35 heavy (non-hydrogen) atoms. The number of nitrogens with one attached hydrogen (secondary N) is 3. The average Bonchev–Trinajstić information content (AvgIpc) is 2.77. The lowest BCUT2D eigenvalue weighted by Gasteiger charge is -2.60. The van der Waals surface area contributed by atoms with Crippen LogP contribution < -0.4 is 20.9 Å². The van der Waals surface area contributed by atoms with E-state index in [0.717, 1.165) is 32.2 Å². The van der Waals surface area contributed by atoms with Gasteiger partial charge in [0.05, 0.1) is 16.9 Å². The molecule has 0 aliphatic carbocycles. The van der Waals surface area contributed by atoms with Crippen molar-refractivity contribution in [2.75, 3.05) is 24.5 Å². The summed E-state index contributed by atoms with van der Waals surface area (Å²) < 4.78 is 20.5. The molecule has 3 fully saturated rings. The van der Waals surface area contributed by atoms with Crippen LogP contribution in [-0.2, 0) is 19.1 Å². The summed E-state index contributed by atoms with van der Waals surface area (Å²) >= 11 is 0. The Morgan fingerprint density at radius 3 is 2.69 bits per heavy atom. The Balaban J connectivity index is 1.29. The summed E-state index contributed by atoms with van der Waals surface area (Å²) in [6, 6.07) is 3.49. The largest absolute Gasteiger partial charge is 0.446 e. The van der Waals surface area contributed by atoms with Gasteiger partial charge in [0.15, 0.2) is 6.23 Å². The molecule has 1 spiro atoms. The third-order valence-electron chi connectivity index (χ3n) is 7.19. The number of anilines is 1. The molecule has 3 amide bonds. The van der Waals surface area contributed by atoms with Crippen LogP contribution in [0.15, 0.2) is 18.2 Å². The normalized spacial score (nSPS) is 23.7. The van der Waals surface area contributed by atoms with Gasteiger partial charge in [0, 0.05) is 31.7 Å². The monoisotopic (exact) mass is 488 g/mol. The van der Waals surface area contributed by atoms with E-state index in [1.165, 1.54) is 12.1 Å². The fourth-order valence-electron chi connectivity index (χ4n) is 4.82. The Morgan fingerprint density at radius 2 is 2.06 bits per heavy atom. The number of amides is 3. The number of ether oxygens (including phenoxy) is 1. The quantitative estimate of drug-likeness (QED) is 0.276. The molecule has 0 radical (unpaired) electrons. The fraction of sp³-hybridized carbons (Fsp3) is 0.600. The lowest BCUT2D eigenvalue weighted by atomic mass is 9.72. The lowest BCUT2D eigenvalue weighted by Crippen LogP contribution is -2.77. The molecule has 10 heteroatoms. The minimum atomic E-state index is -0.866. The van der Waals surface area contributed by atoms with Crippen LogP contribution in [-0.4, -0.2) is 55.6 Å². The lowest BCUT2D eigenvalue weighted by molar-refractivity contribution is -0.180. The Labute approximate surface area is 204 Å². The third-order valence-corrected chi connectivity index (χ3v) is 7.19. The summed E-state index contributed by atoms with van der Waals surface area (Å²) in [6.45, 7) is 5.98. The first-order valence-corrected chi connectivity index (χ1v) is 12.4. The maximum absolute atomic E-state index is 14.8. The topological polar surface area (TPSA) is 117 Å². The van der Waals surface area contributed by atoms with Gasteiger partial charge in [-0.05, 0) is 31.0 Å². The second-order valence-corrected chi connectivity index (χ2v) is 9.95. The molecule has 3 N–H and O–H groups in total. The van der Waals surface area contributed by atoms with Crippen molar-refractivity contribution in [1.82, 2.24) is 16.0 Å². The smallest absolute Gasteiger partial charge is 0.310 e. The van der Waals surface area contributed by atoms with E-state index >= 15 is 0 Å². The number of nitrogens with zero attached hydrogens (tertiary/aromatic N) is 1. The molecule has 0 aromatic heterocycles. The number of carbonyl (C=O) groups is 4. The molecule has 0 saturated carbocycles. The summed E-state index contributed by atoms with van der Waals surface area (Å²) in [7, 11) is 0. The van der Waals surface area contributed by atoms with Crippen LogP contribution in [0.4, 0.5) is 10.1 Å². The molecule has 0 bridgehead atoms. The van der Waals surface area contributed by atoms with Gasteiger partial charge < -0.3 is 15.0 Å². The molecule has 1 aromatic carbocycles. The van der Waals surface area contributed by atoms with Gasteiger partial charge in [0.1, 0.15) is 11.9 Å². The summed E-state index contributed by atoms with van der Waals surface area (Å²) in [5, 5.41) is 7.84. The summed E-state index contributed by atoms with van der Waals surface area (Å²) in [5.41, 5.74) is 0.287. The molecule has 9 nitrogen and oxygen atoms in total. The number of hydrogen-bond acceptors (Lipinski definition) is 7. The van der Waals surface area contributed by atoms with Crippen LogP contribution in [0.5, 0.6) is 0 Å². The van der Waals surface area contributed by atoms with E-state index < -0.39 is 23.7 Å². The predicted molar refractivity (Wildman–Crippen MR) is 126 cm³/mol. The van der Waals surface area contributed by atoms with Crippen molar-refractivity contribution in [1.29, 1.82) is 0 Å². The van der Waals surface area contributed by atoms with Crippen molar-refractivity contribution in [2.24, 2.45) is 11.3 Å². The van der Waals surface area contributed by atoms with E-state index in [1.54, 1.807) is 6.07 Å². The van der Waals surface area contributed by atoms with E-state index in [2.05, 4.69) is 22.9 Å². The van der Waals surface area contributed by atoms with Gasteiger partial charge in [-0.3, -0.25) is 29.8 Å². The fourth-order valence-corrected chi connectivity index (χ4v) is 4.82. The maximum Gasteiger partial charge on any atom is 0.310 e. The Hall–Kier alpha value is -3.01. The average molecular weight is 489 g/mol. The molecule has 3 aliphatic heterocycles. The van der Waals surface area contributed by atoms with Crippen LogP contribution in [0, 0.1) is 17.2 Å². The van der Waals surface area contributed by atoms with E-state index in [0.29, 0.717) is 18.8 Å². The minimum absolute atomic E-state index is 0.123. The highest BCUT2D eigenvalue weighted by molar-refractivity contribution is 6.03. The number of imide groups is 1. The van der Waals surface area contributed by atoms with Crippen molar-refractivity contribution in [3.05, 3.63) is 29.6 Å². The second kappa shape index (κ2) is 10.3. The van der Waals surface area contributed by atoms with Crippen molar-refractivity contribution in [3.8, 4) is 0 Å². The van der Waals surface area contributed by atoms with Crippen LogP contribution >= 0.6 is 0 Å². The molecular formula is C25H33FN4O5. The Bertz CT molecular complexity index is 1010. The van der Waals surface area contributed by atoms with Crippen molar-refractivity contribution < 1.29 is 28.3 Å². The molecule has 4 rings (SSSR count). The Morgan fingerprint density at radius 1 is 1.29 bits per heavy atom. The zero-order valence-corrected chi connectivity index (χ0v) is 20.2. The number of benzene rings is 1. The van der Waals surface area contributed by atoms with Crippen LogP contribution in [0.3, 0.4) is 0 Å². The molecule has 3 atom stereocenters. The first-order chi connectivity index (χ1) is 16.7. The van der Waals surface area contributed by atoms with E-state index in [1.807, 2.05) is 11.8 Å². The summed E-state index contributed by atoms with van der Waals surface area (Å²) in [6.07, 6.45) is 4.01. The van der Waals surface area contributed by atoms with Gasteiger partial charge in [-0.15, -0.1) is 0 Å². The van der Waals surface area contributed by atoms with Gasteiger partial charge in [-0.25, -0.2) is 4.39 Å². The predicted octanol–water partition coefficient (Wildman–Crippen LogP) is 1.86. The van der Waals surface area contributed by atoms with Crippen LogP contribution in [0.2, 0.25) is 0 Å². The molecule has 3 aliphatic rings. The Kier molecular flexibility index (Phi) is 7.39. The summed E-state index contributed by atoms with van der Waals surface area (Å²) in [4.78, 5) is 50.0. The molecule has 3 saturated heterocycles.